The van der Waals surface area contributed by atoms with Crippen LogP contribution < -0.4 is 9.64 Å². The number of aliphatic hydroxyl groups is 1. The van der Waals surface area contributed by atoms with Gasteiger partial charge in [-0.05, 0) is 42.8 Å². The predicted molar refractivity (Wildman–Crippen MR) is 115 cm³/mol. The van der Waals surface area contributed by atoms with Crippen LogP contribution in [-0.4, -0.2) is 55.8 Å². The minimum Gasteiger partial charge on any atom is -0.497 e. The molecule has 6 nitrogen and oxygen atoms in total. The number of benzene rings is 2. The summed E-state index contributed by atoms with van der Waals surface area (Å²) in [5, 5.41) is 19.3. The third-order valence-electron chi connectivity index (χ3n) is 6.85. The Bertz CT molecular complexity index is 1100. The van der Waals surface area contributed by atoms with E-state index in [0.717, 1.165) is 6.07 Å². The van der Waals surface area contributed by atoms with Gasteiger partial charge in [0.25, 0.3) is 5.91 Å². The van der Waals surface area contributed by atoms with Crippen LogP contribution in [0.15, 0.2) is 42.5 Å². The van der Waals surface area contributed by atoms with E-state index >= 15 is 0 Å². The molecule has 4 rings (SSSR count). The summed E-state index contributed by atoms with van der Waals surface area (Å²) in [5.74, 6) is 0.336. The zero-order chi connectivity index (χ0) is 23.8. The average molecular weight is 459 g/mol. The van der Waals surface area contributed by atoms with Gasteiger partial charge in [0, 0.05) is 48.8 Å². The van der Waals surface area contributed by atoms with Crippen molar-refractivity contribution in [2.45, 2.75) is 12.6 Å². The number of rotatable bonds is 4. The van der Waals surface area contributed by atoms with Crippen LogP contribution in [0.1, 0.15) is 27.9 Å². The zero-order valence-electron chi connectivity index (χ0n) is 18.1. The van der Waals surface area contributed by atoms with E-state index in [1.54, 1.807) is 35.2 Å². The Kier molecular flexibility index (Phi) is 5.97. The van der Waals surface area contributed by atoms with Gasteiger partial charge in [-0.1, -0.05) is 6.07 Å². The van der Waals surface area contributed by atoms with E-state index in [0.29, 0.717) is 49.6 Å². The largest absolute Gasteiger partial charge is 0.497 e. The molecule has 0 aromatic heterocycles. The van der Waals surface area contributed by atoms with Gasteiger partial charge in [-0.3, -0.25) is 4.79 Å². The number of carbonyl (C=O) groups is 1. The van der Waals surface area contributed by atoms with Gasteiger partial charge in [0.2, 0.25) is 0 Å². The summed E-state index contributed by atoms with van der Waals surface area (Å²) in [6.07, 6.45) is -4.09. The first-order valence-electron chi connectivity index (χ1n) is 10.6. The molecule has 2 aromatic rings. The number of amides is 1. The number of aliphatic hydroxyl groups excluding tert-OH is 1. The highest BCUT2D eigenvalue weighted by atomic mass is 19.4. The number of piperidine rings is 1. The molecule has 0 aliphatic carbocycles. The molecular weight excluding hydrogens is 435 g/mol. The normalized spacial score (nSPS) is 22.6. The fourth-order valence-electron chi connectivity index (χ4n) is 4.92. The van der Waals surface area contributed by atoms with Crippen LogP contribution in [0.3, 0.4) is 0 Å². The number of nitrogens with zero attached hydrogens (tertiary/aromatic N) is 3. The molecule has 2 atom stereocenters. The molecule has 1 N–H and O–H groups in total. The number of ether oxygens (including phenoxy) is 1. The van der Waals surface area contributed by atoms with Crippen molar-refractivity contribution in [3.63, 3.8) is 0 Å². The molecule has 2 heterocycles. The number of methoxy groups -OCH3 is 1. The van der Waals surface area contributed by atoms with E-state index in [9.17, 15) is 23.1 Å². The maximum absolute atomic E-state index is 13.4. The van der Waals surface area contributed by atoms with Crippen LogP contribution in [0.5, 0.6) is 5.75 Å². The van der Waals surface area contributed by atoms with Gasteiger partial charge in [0.15, 0.2) is 0 Å². The minimum absolute atomic E-state index is 0.101. The molecular formula is C24H24F3N3O3. The van der Waals surface area contributed by atoms with Crippen molar-refractivity contribution in [2.24, 2.45) is 11.3 Å². The van der Waals surface area contributed by atoms with Crippen molar-refractivity contribution >= 4 is 11.6 Å². The number of anilines is 1. The molecule has 2 saturated heterocycles. The molecule has 2 aliphatic rings. The minimum atomic E-state index is -4.64. The summed E-state index contributed by atoms with van der Waals surface area (Å²) in [4.78, 5) is 16.6. The van der Waals surface area contributed by atoms with Gasteiger partial charge in [-0.15, -0.1) is 0 Å². The molecule has 2 fully saturated rings. The average Bonchev–Trinajstić information content (AvgIpc) is 3.22. The molecule has 9 heteroatoms. The summed E-state index contributed by atoms with van der Waals surface area (Å²) >= 11 is 0. The lowest BCUT2D eigenvalue weighted by atomic mass is 9.73. The standard InChI is InChI=1S/C24H24F3N3O3/c1-33-20-4-2-3-16(9-20)22(32)29-8-7-23(15-31)14-30(13-18(23)12-29)19-6-5-17(11-28)21(10-19)24(25,26)27/h2-6,9-10,18,31H,7-8,12-15H2,1H3/t18-,23+/m1/s1. The van der Waals surface area contributed by atoms with Crippen LogP contribution in [0.25, 0.3) is 0 Å². The summed E-state index contributed by atoms with van der Waals surface area (Å²) in [6, 6.07) is 12.2. The van der Waals surface area contributed by atoms with Gasteiger partial charge < -0.3 is 19.6 Å². The number of carbonyl (C=O) groups excluding carboxylic acids is 1. The number of fused-ring (bicyclic) bond motifs is 1. The first-order chi connectivity index (χ1) is 15.7. The van der Waals surface area contributed by atoms with Crippen LogP contribution in [0.2, 0.25) is 0 Å². The quantitative estimate of drug-likeness (QED) is 0.757. The highest BCUT2D eigenvalue weighted by Crippen LogP contribution is 2.45. The third-order valence-corrected chi connectivity index (χ3v) is 6.85. The Hall–Kier alpha value is -3.25. The maximum Gasteiger partial charge on any atom is 0.417 e. The molecule has 0 bridgehead atoms. The van der Waals surface area contributed by atoms with Gasteiger partial charge in [-0.25, -0.2) is 0 Å². The number of alkyl halides is 3. The smallest absolute Gasteiger partial charge is 0.417 e. The second-order valence-electron chi connectivity index (χ2n) is 8.67. The van der Waals surface area contributed by atoms with Crippen molar-refractivity contribution in [1.82, 2.24) is 4.90 Å². The lowest BCUT2D eigenvalue weighted by Gasteiger charge is -2.42. The van der Waals surface area contributed by atoms with Crippen molar-refractivity contribution in [3.8, 4) is 11.8 Å². The second kappa shape index (κ2) is 8.60. The van der Waals surface area contributed by atoms with Crippen molar-refractivity contribution in [2.75, 3.05) is 44.8 Å². The zero-order valence-corrected chi connectivity index (χ0v) is 18.1. The summed E-state index contributed by atoms with van der Waals surface area (Å²) in [6.45, 7) is 1.53. The Morgan fingerprint density at radius 3 is 2.73 bits per heavy atom. The number of halogens is 3. The summed E-state index contributed by atoms with van der Waals surface area (Å²) in [7, 11) is 1.53. The highest BCUT2D eigenvalue weighted by molar-refractivity contribution is 5.94. The van der Waals surface area contributed by atoms with Gasteiger partial charge in [0.05, 0.1) is 30.9 Å². The SMILES string of the molecule is COc1cccc(C(=O)N2CC[C@@]3(CO)CN(c4ccc(C#N)c(C(F)(F)F)c4)C[C@H]3C2)c1. The maximum atomic E-state index is 13.4. The van der Waals surface area contributed by atoms with Crippen LogP contribution >= 0.6 is 0 Å². The lowest BCUT2D eigenvalue weighted by Crippen LogP contribution is -2.50. The molecule has 33 heavy (non-hydrogen) atoms. The molecule has 1 amide bonds. The van der Waals surface area contributed by atoms with Crippen molar-refractivity contribution in [1.29, 1.82) is 5.26 Å². The Balaban J connectivity index is 1.56. The molecule has 174 valence electrons. The number of likely N-dealkylation sites (tertiary alicyclic amines) is 1. The molecule has 0 unspecified atom stereocenters. The number of hydrogen-bond donors (Lipinski definition) is 1. The van der Waals surface area contributed by atoms with E-state index in [2.05, 4.69) is 0 Å². The molecule has 2 aromatic carbocycles. The summed E-state index contributed by atoms with van der Waals surface area (Å²) < 4.78 is 45.5. The predicted octanol–water partition coefficient (Wildman–Crippen LogP) is 3.55. The van der Waals surface area contributed by atoms with E-state index in [1.807, 2.05) is 4.90 Å². The first kappa shape index (κ1) is 22.9. The third kappa shape index (κ3) is 4.23. The number of nitriles is 1. The fourth-order valence-corrected chi connectivity index (χ4v) is 4.92. The lowest BCUT2D eigenvalue weighted by molar-refractivity contribution is -0.137. The monoisotopic (exact) mass is 459 g/mol. The Morgan fingerprint density at radius 2 is 2.06 bits per heavy atom. The van der Waals surface area contributed by atoms with E-state index in [1.165, 1.54) is 19.2 Å². The van der Waals surface area contributed by atoms with Gasteiger partial charge in [0.1, 0.15) is 5.75 Å². The fraction of sp³-hybridized carbons (Fsp3) is 0.417. The van der Waals surface area contributed by atoms with E-state index in [-0.39, 0.29) is 18.4 Å². The Labute approximate surface area is 189 Å². The van der Waals surface area contributed by atoms with Crippen molar-refractivity contribution < 1.29 is 27.8 Å². The summed E-state index contributed by atoms with van der Waals surface area (Å²) in [5.41, 5.74) is -1.03. The molecule has 2 aliphatic heterocycles. The van der Waals surface area contributed by atoms with Gasteiger partial charge >= 0.3 is 6.18 Å². The van der Waals surface area contributed by atoms with Crippen LogP contribution in [0, 0.1) is 22.7 Å². The van der Waals surface area contributed by atoms with Crippen LogP contribution in [0.4, 0.5) is 18.9 Å². The molecule has 0 saturated carbocycles. The second-order valence-corrected chi connectivity index (χ2v) is 8.67. The Morgan fingerprint density at radius 1 is 1.27 bits per heavy atom. The topological polar surface area (TPSA) is 76.8 Å². The van der Waals surface area contributed by atoms with Gasteiger partial charge in [-0.2, -0.15) is 18.4 Å². The first-order valence-corrected chi connectivity index (χ1v) is 10.6. The van der Waals surface area contributed by atoms with Crippen molar-refractivity contribution in [3.05, 3.63) is 59.2 Å². The van der Waals surface area contributed by atoms with Crippen LogP contribution in [-0.2, 0) is 6.18 Å². The van der Waals surface area contributed by atoms with E-state index in [4.69, 9.17) is 10.00 Å². The molecule has 0 radical (unpaired) electrons. The van der Waals surface area contributed by atoms with E-state index < -0.39 is 22.7 Å². The highest BCUT2D eigenvalue weighted by Gasteiger charge is 2.50. The molecule has 0 spiro atoms. The number of hydrogen-bond acceptors (Lipinski definition) is 5.